The lowest BCUT2D eigenvalue weighted by molar-refractivity contribution is 0.515. The predicted octanol–water partition coefficient (Wildman–Crippen LogP) is 4.84. The number of nitrogens with two attached hydrogens (primary N) is 1. The molecule has 1 aliphatic carbocycles. The molecule has 0 atom stereocenters. The molecule has 0 spiro atoms. The third-order valence-corrected chi connectivity index (χ3v) is 5.94. The van der Waals surface area contributed by atoms with E-state index in [4.69, 9.17) is 17.3 Å². The highest BCUT2D eigenvalue weighted by atomic mass is 35.5. The molecule has 3 N–H and O–H groups in total. The van der Waals surface area contributed by atoms with Gasteiger partial charge in [0.1, 0.15) is 17.3 Å². The van der Waals surface area contributed by atoms with Crippen molar-refractivity contribution >= 4 is 34.5 Å². The zero-order valence-corrected chi connectivity index (χ0v) is 19.1. The lowest BCUT2D eigenvalue weighted by Gasteiger charge is -2.38. The Kier molecular flexibility index (Phi) is 6.12. The molecule has 2 aliphatic rings. The van der Waals surface area contributed by atoms with Crippen LogP contribution < -0.4 is 10.6 Å². The molecule has 1 aliphatic heterocycles. The van der Waals surface area contributed by atoms with Crippen LogP contribution in [0.25, 0.3) is 17.1 Å². The number of allylic oxidation sites excluding steroid dienone is 2. The number of H-pyrrole nitrogens is 1. The van der Waals surface area contributed by atoms with Crippen LogP contribution in [0, 0.1) is 20.8 Å². The number of anilines is 1. The van der Waals surface area contributed by atoms with Crippen LogP contribution in [0.3, 0.4) is 0 Å². The van der Waals surface area contributed by atoms with E-state index in [0.717, 1.165) is 52.2 Å². The molecule has 1 saturated heterocycles. The molecule has 31 heavy (non-hydrogen) atoms. The highest BCUT2D eigenvalue weighted by molar-refractivity contribution is 6.37. The van der Waals surface area contributed by atoms with Crippen LogP contribution in [0.5, 0.6) is 0 Å². The fourth-order valence-corrected chi connectivity index (χ4v) is 4.17. The van der Waals surface area contributed by atoms with Crippen LogP contribution in [-0.2, 0) is 0 Å². The monoisotopic (exact) mass is 436 g/mol. The van der Waals surface area contributed by atoms with Gasteiger partial charge < -0.3 is 15.6 Å². The Hall–Kier alpha value is -2.70. The zero-order chi connectivity index (χ0) is 22.1. The molecule has 162 valence electrons. The first-order valence-electron chi connectivity index (χ1n) is 10.7. The van der Waals surface area contributed by atoms with Gasteiger partial charge in [0.25, 0.3) is 0 Å². The Morgan fingerprint density at radius 2 is 1.97 bits per heavy atom. The van der Waals surface area contributed by atoms with Gasteiger partial charge in [-0.15, -0.1) is 0 Å². The maximum atomic E-state index is 6.54. The Balaban J connectivity index is 0.000000168. The second-order valence-corrected chi connectivity index (χ2v) is 8.80. The molecule has 2 fully saturated rings. The summed E-state index contributed by atoms with van der Waals surface area (Å²) in [4.78, 5) is 18.9. The minimum Gasteiger partial charge on any atom is -0.353 e. The third kappa shape index (κ3) is 4.65. The zero-order valence-electron chi connectivity index (χ0n) is 18.3. The van der Waals surface area contributed by atoms with Crippen molar-refractivity contribution in [2.45, 2.75) is 45.6 Å². The van der Waals surface area contributed by atoms with Gasteiger partial charge >= 0.3 is 0 Å². The summed E-state index contributed by atoms with van der Waals surface area (Å²) in [5, 5.41) is 1.76. The van der Waals surface area contributed by atoms with Crippen molar-refractivity contribution in [2.24, 2.45) is 5.73 Å². The molecule has 0 bridgehead atoms. The highest BCUT2D eigenvalue weighted by Crippen LogP contribution is 2.46. The lowest BCUT2D eigenvalue weighted by Crippen LogP contribution is -2.56. The molecule has 3 aromatic heterocycles. The van der Waals surface area contributed by atoms with E-state index in [1.807, 2.05) is 32.2 Å². The maximum Gasteiger partial charge on any atom is 0.144 e. The molecule has 7 heteroatoms. The van der Waals surface area contributed by atoms with Crippen molar-refractivity contribution in [3.05, 3.63) is 64.4 Å². The molecule has 0 aromatic carbocycles. The number of aryl methyl sites for hydroxylation is 3. The first kappa shape index (κ1) is 21.5. The standard InChI is InChI=1S/C13H16ClN5.C11H13N/c1-6-16-12-9(10(14)11(18-12)7-2-3-7)13(17-6)19-4-8(15)5-19;1-4-5-6-11-10(3)7-9(2)8-12-11/h7-8H,2-5,15H2,1H3,(H,16,17,18);4-8H,1H2,2-3H3/b;6-5-. The number of aromatic amines is 1. The molecule has 1 saturated carbocycles. The largest absolute Gasteiger partial charge is 0.353 e. The summed E-state index contributed by atoms with van der Waals surface area (Å²) in [6, 6.07) is 2.36. The second-order valence-electron chi connectivity index (χ2n) is 8.42. The van der Waals surface area contributed by atoms with Crippen molar-refractivity contribution in [1.29, 1.82) is 0 Å². The van der Waals surface area contributed by atoms with Crippen molar-refractivity contribution < 1.29 is 0 Å². The van der Waals surface area contributed by atoms with Gasteiger partial charge in [-0.2, -0.15) is 0 Å². The molecule has 3 aromatic rings. The Bertz CT molecular complexity index is 1140. The van der Waals surface area contributed by atoms with Gasteiger partial charge in [-0.25, -0.2) is 9.97 Å². The second kappa shape index (κ2) is 8.81. The van der Waals surface area contributed by atoms with Gasteiger partial charge in [-0.3, -0.25) is 4.98 Å². The summed E-state index contributed by atoms with van der Waals surface area (Å²) >= 11 is 6.54. The molecule has 4 heterocycles. The minimum absolute atomic E-state index is 0.242. The molecule has 0 amide bonds. The van der Waals surface area contributed by atoms with Crippen LogP contribution in [0.2, 0.25) is 5.02 Å². The van der Waals surface area contributed by atoms with Crippen LogP contribution in [0.15, 0.2) is 31.0 Å². The number of hydrogen-bond donors (Lipinski definition) is 2. The van der Waals surface area contributed by atoms with E-state index in [1.54, 1.807) is 6.08 Å². The SMILES string of the molecule is C=C/C=C\c1ncc(C)cc1C.Cc1nc(N2CC(N)C2)c2c(Cl)c(C3CC3)[nH]c2n1. The normalized spacial score (nSPS) is 16.4. The summed E-state index contributed by atoms with van der Waals surface area (Å²) in [5.74, 6) is 2.27. The van der Waals surface area contributed by atoms with Crippen molar-refractivity contribution in [2.75, 3.05) is 18.0 Å². The highest BCUT2D eigenvalue weighted by Gasteiger charge is 2.32. The number of nitrogens with zero attached hydrogens (tertiary/aromatic N) is 4. The topological polar surface area (TPSA) is 83.7 Å². The number of aromatic nitrogens is 4. The molecule has 0 radical (unpaired) electrons. The fraction of sp³-hybridized carbons (Fsp3) is 0.375. The summed E-state index contributed by atoms with van der Waals surface area (Å²) < 4.78 is 0. The van der Waals surface area contributed by atoms with Gasteiger partial charge in [-0.05, 0) is 50.8 Å². The van der Waals surface area contributed by atoms with Gasteiger partial charge in [0.15, 0.2) is 0 Å². The minimum atomic E-state index is 0.242. The van der Waals surface area contributed by atoms with Crippen molar-refractivity contribution in [1.82, 2.24) is 19.9 Å². The number of rotatable bonds is 4. The third-order valence-electron chi connectivity index (χ3n) is 5.55. The lowest BCUT2D eigenvalue weighted by atomic mass is 10.1. The molecular formula is C24H29ClN6. The predicted molar refractivity (Wildman–Crippen MR) is 129 cm³/mol. The van der Waals surface area contributed by atoms with Crippen molar-refractivity contribution in [3.8, 4) is 0 Å². The van der Waals surface area contributed by atoms with E-state index >= 15 is 0 Å². The average Bonchev–Trinajstić information content (AvgIpc) is 3.49. The molecular weight excluding hydrogens is 408 g/mol. The first-order valence-corrected chi connectivity index (χ1v) is 11.0. The summed E-state index contributed by atoms with van der Waals surface area (Å²) in [7, 11) is 0. The summed E-state index contributed by atoms with van der Waals surface area (Å²) in [6.45, 7) is 11.3. The summed E-state index contributed by atoms with van der Waals surface area (Å²) in [5.41, 5.74) is 11.3. The quantitative estimate of drug-likeness (QED) is 0.571. The van der Waals surface area contributed by atoms with Crippen molar-refractivity contribution in [3.63, 3.8) is 0 Å². The number of hydrogen-bond acceptors (Lipinski definition) is 5. The van der Waals surface area contributed by atoms with Crippen LogP contribution in [0.1, 0.15) is 47.1 Å². The molecule has 6 nitrogen and oxygen atoms in total. The Morgan fingerprint density at radius 3 is 2.58 bits per heavy atom. The van der Waals surface area contributed by atoms with Gasteiger partial charge in [0.2, 0.25) is 0 Å². The number of nitrogens with one attached hydrogen (secondary N) is 1. The first-order chi connectivity index (χ1) is 14.9. The van der Waals surface area contributed by atoms with E-state index in [9.17, 15) is 0 Å². The van der Waals surface area contributed by atoms with E-state index < -0.39 is 0 Å². The summed E-state index contributed by atoms with van der Waals surface area (Å²) in [6.07, 6.45) is 9.90. The van der Waals surface area contributed by atoms with Crippen LogP contribution >= 0.6 is 11.6 Å². The van der Waals surface area contributed by atoms with E-state index in [-0.39, 0.29) is 6.04 Å². The Morgan fingerprint density at radius 1 is 1.23 bits per heavy atom. The van der Waals surface area contributed by atoms with Crippen LogP contribution in [0.4, 0.5) is 5.82 Å². The van der Waals surface area contributed by atoms with Gasteiger partial charge in [0, 0.05) is 36.9 Å². The van der Waals surface area contributed by atoms with E-state index in [2.05, 4.69) is 44.4 Å². The smallest absolute Gasteiger partial charge is 0.144 e. The Labute approximate surface area is 188 Å². The molecule has 0 unspecified atom stereocenters. The average molecular weight is 437 g/mol. The number of halogens is 1. The van der Waals surface area contributed by atoms with E-state index in [0.29, 0.717) is 5.92 Å². The van der Waals surface area contributed by atoms with Crippen LogP contribution in [-0.4, -0.2) is 39.1 Å². The fourth-order valence-electron chi connectivity index (χ4n) is 3.79. The number of fused-ring (bicyclic) bond motifs is 1. The van der Waals surface area contributed by atoms with E-state index in [1.165, 1.54) is 24.0 Å². The molecule has 5 rings (SSSR count). The number of pyridine rings is 1. The van der Waals surface area contributed by atoms with Gasteiger partial charge in [0.05, 0.1) is 16.1 Å². The van der Waals surface area contributed by atoms with Gasteiger partial charge in [-0.1, -0.05) is 36.4 Å². The maximum absolute atomic E-state index is 6.54.